The van der Waals surface area contributed by atoms with Crippen LogP contribution in [0.25, 0.3) is 11.1 Å². The van der Waals surface area contributed by atoms with Gasteiger partial charge in [-0.15, -0.1) is 11.8 Å². The van der Waals surface area contributed by atoms with Gasteiger partial charge in [-0.2, -0.15) is 0 Å². The number of carboxylic acid groups (broad SMARTS) is 1. The van der Waals surface area contributed by atoms with Crippen molar-refractivity contribution < 1.29 is 39.0 Å². The Kier molecular flexibility index (Phi) is 14.1. The summed E-state index contributed by atoms with van der Waals surface area (Å²) in [7, 11) is 0. The molecule has 3 aliphatic rings. The van der Waals surface area contributed by atoms with Crippen LogP contribution in [0, 0.1) is 0 Å². The van der Waals surface area contributed by atoms with Gasteiger partial charge in [0.15, 0.2) is 0 Å². The van der Waals surface area contributed by atoms with Crippen molar-refractivity contribution in [2.45, 2.75) is 74.0 Å². The molecule has 0 saturated carbocycles. The number of aliphatic hydroxyl groups is 1. The average Bonchev–Trinajstić information content (AvgIpc) is 3.74. The predicted molar refractivity (Wildman–Crippen MR) is 220 cm³/mol. The molecule has 300 valence electrons. The number of aliphatic hydroxyl groups excluding tert-OH is 1. The van der Waals surface area contributed by atoms with Crippen LogP contribution < -0.4 is 26.6 Å². The quantitative estimate of drug-likeness (QED) is 0.130. The van der Waals surface area contributed by atoms with Crippen molar-refractivity contribution in [2.24, 2.45) is 0 Å². The van der Waals surface area contributed by atoms with Crippen LogP contribution in [0.3, 0.4) is 0 Å². The van der Waals surface area contributed by atoms with Crippen molar-refractivity contribution in [3.63, 3.8) is 0 Å². The lowest BCUT2D eigenvalue weighted by Gasteiger charge is -2.27. The van der Waals surface area contributed by atoms with Crippen LogP contribution in [0.2, 0.25) is 0 Å². The number of aliphatic carboxylic acids is 1. The van der Waals surface area contributed by atoms with E-state index in [9.17, 15) is 39.0 Å². The zero-order valence-electron chi connectivity index (χ0n) is 31.5. The Hall–Kier alpha value is -6.25. The maximum atomic E-state index is 14.4. The summed E-state index contributed by atoms with van der Waals surface area (Å²) in [5.41, 5.74) is 4.12. The summed E-state index contributed by atoms with van der Waals surface area (Å²) in [6.45, 7) is 0. The first-order valence-electron chi connectivity index (χ1n) is 19.0. The SMILES string of the molecule is O=C1C[C@@H](O)C(=O)Nc2ccc(cc2)C[C@H](C(=O)O)NC(=O)[C@@H](Cc2ccccc2)NC(=O)[C@H](Cc2ccc(-c3ccccc3)cc2)NC(=O)[C@@H](CC2CC=CS2)N1. The summed E-state index contributed by atoms with van der Waals surface area (Å²) in [5.74, 6) is -5.06. The first-order valence-corrected chi connectivity index (χ1v) is 19.9. The van der Waals surface area contributed by atoms with Gasteiger partial charge in [-0.05, 0) is 58.2 Å². The third-order valence-corrected chi connectivity index (χ3v) is 11.0. The predicted octanol–water partition coefficient (Wildman–Crippen LogP) is 3.52. The van der Waals surface area contributed by atoms with E-state index in [1.807, 2.05) is 66.1 Å². The van der Waals surface area contributed by atoms with Crippen molar-refractivity contribution >= 4 is 53.0 Å². The summed E-state index contributed by atoms with van der Waals surface area (Å²) >= 11 is 1.50. The number of anilines is 1. The summed E-state index contributed by atoms with van der Waals surface area (Å²) in [6, 6.07) is 27.2. The zero-order valence-corrected chi connectivity index (χ0v) is 32.3. The summed E-state index contributed by atoms with van der Waals surface area (Å²) < 4.78 is 0. The van der Waals surface area contributed by atoms with Gasteiger partial charge >= 0.3 is 5.97 Å². The molecular weight excluding hydrogens is 759 g/mol. The molecule has 1 unspecified atom stereocenters. The van der Waals surface area contributed by atoms with Crippen molar-refractivity contribution in [2.75, 3.05) is 5.32 Å². The lowest BCUT2D eigenvalue weighted by atomic mass is 9.99. The first kappa shape index (κ1) is 41.4. The summed E-state index contributed by atoms with van der Waals surface area (Å²) in [6.07, 6.45) is 0.253. The van der Waals surface area contributed by atoms with Crippen LogP contribution in [0.15, 0.2) is 121 Å². The molecule has 0 saturated heterocycles. The average molecular weight is 804 g/mol. The van der Waals surface area contributed by atoms with Gasteiger partial charge in [0.2, 0.25) is 23.6 Å². The van der Waals surface area contributed by atoms with E-state index in [0.717, 1.165) is 11.1 Å². The fraction of sp³-hybridized carbons (Fsp3) is 0.273. The number of hydrogen-bond donors (Lipinski definition) is 7. The molecule has 58 heavy (non-hydrogen) atoms. The van der Waals surface area contributed by atoms with E-state index >= 15 is 0 Å². The van der Waals surface area contributed by atoms with Crippen molar-refractivity contribution in [3.05, 3.63) is 137 Å². The number of benzene rings is 4. The molecule has 3 heterocycles. The van der Waals surface area contributed by atoms with Crippen molar-refractivity contribution in [1.82, 2.24) is 21.3 Å². The molecule has 0 fully saturated rings. The molecule has 7 rings (SSSR count). The van der Waals surface area contributed by atoms with E-state index in [1.165, 1.54) is 23.9 Å². The number of carbonyl (C=O) groups excluding carboxylic acids is 5. The highest BCUT2D eigenvalue weighted by molar-refractivity contribution is 8.03. The Morgan fingerprint density at radius 3 is 1.79 bits per heavy atom. The number of allylic oxidation sites excluding steroid dienone is 1. The van der Waals surface area contributed by atoms with Gasteiger partial charge < -0.3 is 36.8 Å². The van der Waals surface area contributed by atoms with Crippen LogP contribution in [0.4, 0.5) is 5.69 Å². The zero-order chi connectivity index (χ0) is 41.0. The van der Waals surface area contributed by atoms with Crippen molar-refractivity contribution in [1.29, 1.82) is 0 Å². The Morgan fingerprint density at radius 1 is 0.621 bits per heavy atom. The van der Waals surface area contributed by atoms with Gasteiger partial charge in [-0.1, -0.05) is 103 Å². The van der Waals surface area contributed by atoms with E-state index in [2.05, 4.69) is 26.6 Å². The van der Waals surface area contributed by atoms with Gasteiger partial charge in [0.1, 0.15) is 30.3 Å². The van der Waals surface area contributed by atoms with Gasteiger partial charge in [0, 0.05) is 30.2 Å². The maximum Gasteiger partial charge on any atom is 0.326 e. The van der Waals surface area contributed by atoms with Gasteiger partial charge in [0.05, 0.1) is 6.42 Å². The minimum atomic E-state index is -1.76. The minimum absolute atomic E-state index is 0.000815. The van der Waals surface area contributed by atoms with Gasteiger partial charge in [0.25, 0.3) is 5.91 Å². The molecule has 0 aromatic heterocycles. The second-order valence-corrected chi connectivity index (χ2v) is 15.5. The van der Waals surface area contributed by atoms with Crippen LogP contribution in [0.5, 0.6) is 0 Å². The fourth-order valence-corrected chi connectivity index (χ4v) is 7.74. The lowest BCUT2D eigenvalue weighted by molar-refractivity contribution is -0.142. The number of amides is 5. The minimum Gasteiger partial charge on any atom is -0.480 e. The number of fused-ring (bicyclic) bond motifs is 18. The molecule has 0 radical (unpaired) electrons. The Labute approximate surface area is 340 Å². The normalized spacial score (nSPS) is 23.4. The fourth-order valence-electron chi connectivity index (χ4n) is 6.77. The molecule has 2 bridgehead atoms. The van der Waals surface area contributed by atoms with Gasteiger partial charge in [-0.3, -0.25) is 24.0 Å². The summed E-state index contributed by atoms with van der Waals surface area (Å²) in [4.78, 5) is 81.2. The Bertz CT molecular complexity index is 2110. The largest absolute Gasteiger partial charge is 0.480 e. The molecule has 4 aromatic carbocycles. The van der Waals surface area contributed by atoms with E-state index < -0.39 is 72.2 Å². The highest BCUT2D eigenvalue weighted by atomic mass is 32.2. The topological polar surface area (TPSA) is 203 Å². The van der Waals surface area contributed by atoms with E-state index in [1.54, 1.807) is 42.5 Å². The van der Waals surface area contributed by atoms with Crippen molar-refractivity contribution in [3.8, 4) is 11.1 Å². The first-order chi connectivity index (χ1) is 28.0. The van der Waals surface area contributed by atoms with E-state index in [-0.39, 0.29) is 36.6 Å². The third kappa shape index (κ3) is 11.6. The molecule has 5 amide bonds. The van der Waals surface area contributed by atoms with E-state index in [0.29, 0.717) is 23.1 Å². The molecule has 4 aromatic rings. The number of hydrogen-bond acceptors (Lipinski definition) is 8. The molecular formula is C44H45N5O8S. The van der Waals surface area contributed by atoms with Crippen LogP contribution in [-0.4, -0.2) is 81.2 Å². The molecule has 6 atom stereocenters. The van der Waals surface area contributed by atoms with Gasteiger partial charge in [-0.25, -0.2) is 4.79 Å². The number of carboxylic acids is 1. The standard InChI is InChI=1S/C44H45N5O8S/c50-38-26-39(51)46-36(25-33-12-7-21-58-33)42(54)48-35(23-28-13-17-31(18-14-28)30-10-5-2-6-11-30)40(52)47-34(22-27-8-3-1-4-9-27)41(53)49-37(44(56)57)24-29-15-19-32(20-16-29)45-43(38)55/h1-11,13-21,33-38,50H,12,22-26H2,(H,45,55)(H,46,51)(H,47,52)(H,48,54)(H,49,53)(H,56,57)/t33?,34-,35+,36-,37-,38-/m1/s1. The monoisotopic (exact) mass is 803 g/mol. The van der Waals surface area contributed by atoms with Crippen LogP contribution >= 0.6 is 11.8 Å². The molecule has 13 nitrogen and oxygen atoms in total. The summed E-state index contributed by atoms with van der Waals surface area (Å²) in [5, 5.41) is 36.1. The number of thioether (sulfide) groups is 1. The van der Waals surface area contributed by atoms with Crippen LogP contribution in [-0.2, 0) is 48.0 Å². The third-order valence-electron chi connectivity index (χ3n) is 9.92. The highest BCUT2D eigenvalue weighted by Crippen LogP contribution is 2.28. The second-order valence-electron chi connectivity index (χ2n) is 14.3. The molecule has 7 N–H and O–H groups in total. The lowest BCUT2D eigenvalue weighted by Crippen LogP contribution is -2.59. The number of carbonyl (C=O) groups is 6. The van der Waals surface area contributed by atoms with Crippen LogP contribution in [0.1, 0.15) is 36.0 Å². The maximum absolute atomic E-state index is 14.4. The molecule has 14 heteroatoms. The Morgan fingerprint density at radius 2 is 1.19 bits per heavy atom. The van der Waals surface area contributed by atoms with E-state index in [4.69, 9.17) is 0 Å². The number of rotatable bonds is 8. The molecule has 0 aliphatic carbocycles. The number of nitrogens with one attached hydrogen (secondary N) is 5. The molecule has 0 spiro atoms. The molecule has 3 aliphatic heterocycles. The Balaban J connectivity index is 1.34. The smallest absolute Gasteiger partial charge is 0.326 e. The highest BCUT2D eigenvalue weighted by Gasteiger charge is 2.34. The second kappa shape index (κ2) is 19.7.